The Bertz CT molecular complexity index is 562. The summed E-state index contributed by atoms with van der Waals surface area (Å²) in [4.78, 5) is 48.3. The predicted molar refractivity (Wildman–Crippen MR) is 114 cm³/mol. The Morgan fingerprint density at radius 2 is 1.10 bits per heavy atom. The number of amides is 1. The molecule has 0 saturated carbocycles. The van der Waals surface area contributed by atoms with Crippen molar-refractivity contribution in [2.24, 2.45) is 0 Å². The summed E-state index contributed by atoms with van der Waals surface area (Å²) in [7, 11) is 0. The van der Waals surface area contributed by atoms with E-state index >= 15 is 0 Å². The van der Waals surface area contributed by atoms with Crippen LogP contribution in [0.5, 0.6) is 0 Å². The smallest absolute Gasteiger partial charge is 0.337 e. The average Bonchev–Trinajstić information content (AvgIpc) is 2.69. The molecule has 1 aliphatic rings. The van der Waals surface area contributed by atoms with E-state index in [2.05, 4.69) is 5.32 Å². The number of nitrogens with one attached hydrogen (secondary N) is 1. The molecule has 0 radical (unpaired) electrons. The molecule has 0 unspecified atom stereocenters. The highest BCUT2D eigenvalue weighted by molar-refractivity contribution is 6.10. The summed E-state index contributed by atoms with van der Waals surface area (Å²) in [5.74, 6) is -3.75. The van der Waals surface area contributed by atoms with E-state index in [1.54, 1.807) is 0 Å². The molecule has 0 aromatic heterocycles. The van der Waals surface area contributed by atoms with Crippen molar-refractivity contribution in [3.63, 3.8) is 0 Å². The molecule has 0 bridgehead atoms. The summed E-state index contributed by atoms with van der Waals surface area (Å²) < 4.78 is 0. The minimum Gasteiger partial charge on any atom is -0.481 e. The monoisotopic (exact) mass is 425 g/mol. The lowest BCUT2D eigenvalue weighted by atomic mass is 9.85. The Labute approximate surface area is 180 Å². The van der Waals surface area contributed by atoms with Crippen molar-refractivity contribution in [3.05, 3.63) is 0 Å². The number of rotatable bonds is 4. The molecule has 0 aromatic carbocycles. The van der Waals surface area contributed by atoms with Crippen LogP contribution >= 0.6 is 0 Å². The number of Topliss-reactive ketones (excluding diaryl/α,β-unsaturated/α-hetero) is 1. The van der Waals surface area contributed by atoms with E-state index < -0.39 is 42.0 Å². The SMILES string of the molecule is O=C(O)CC[C@@]1(C(=O)O)NC(=O)CCCCCCCCCCCCCCCCC1=O. The first-order chi connectivity index (χ1) is 14.4. The number of carboxylic acid groups (broad SMARTS) is 2. The Hall–Kier alpha value is -1.92. The summed E-state index contributed by atoms with van der Waals surface area (Å²) >= 11 is 0. The Balaban J connectivity index is 2.79. The number of hydrogen-bond acceptors (Lipinski definition) is 4. The first-order valence-electron chi connectivity index (χ1n) is 11.7. The van der Waals surface area contributed by atoms with Crippen molar-refractivity contribution in [2.75, 3.05) is 0 Å². The fourth-order valence-corrected chi connectivity index (χ4v) is 4.05. The van der Waals surface area contributed by atoms with E-state index in [0.29, 0.717) is 12.8 Å². The molecule has 172 valence electrons. The second kappa shape index (κ2) is 15.0. The van der Waals surface area contributed by atoms with E-state index in [0.717, 1.165) is 38.5 Å². The minimum absolute atomic E-state index is 0.0339. The molecule has 7 heteroatoms. The van der Waals surface area contributed by atoms with Crippen LogP contribution in [0.2, 0.25) is 0 Å². The normalized spacial score (nSPS) is 24.5. The molecule has 1 amide bonds. The first kappa shape index (κ1) is 26.1. The van der Waals surface area contributed by atoms with Crippen LogP contribution in [-0.4, -0.2) is 39.4 Å². The summed E-state index contributed by atoms with van der Waals surface area (Å²) in [5.41, 5.74) is -2.14. The van der Waals surface area contributed by atoms with Gasteiger partial charge in [0.05, 0.1) is 0 Å². The highest BCUT2D eigenvalue weighted by atomic mass is 16.4. The fraction of sp³-hybridized carbons (Fsp3) is 0.826. The molecule has 1 rings (SSSR count). The molecule has 1 atom stereocenters. The van der Waals surface area contributed by atoms with E-state index in [1.165, 1.54) is 38.5 Å². The highest BCUT2D eigenvalue weighted by Gasteiger charge is 2.46. The second-order valence-electron chi connectivity index (χ2n) is 8.53. The van der Waals surface area contributed by atoms with Gasteiger partial charge in [0, 0.05) is 19.3 Å². The number of carboxylic acids is 2. The molecule has 3 N–H and O–H groups in total. The maximum Gasteiger partial charge on any atom is 0.337 e. The molecule has 1 fully saturated rings. The Kier molecular flexibility index (Phi) is 13.0. The molecular weight excluding hydrogens is 386 g/mol. The first-order valence-corrected chi connectivity index (χ1v) is 11.7. The van der Waals surface area contributed by atoms with Gasteiger partial charge in [-0.3, -0.25) is 14.4 Å². The lowest BCUT2D eigenvalue weighted by Gasteiger charge is -2.29. The summed E-state index contributed by atoms with van der Waals surface area (Å²) in [6, 6.07) is 0. The fourth-order valence-electron chi connectivity index (χ4n) is 4.05. The predicted octanol–water partition coefficient (Wildman–Crippen LogP) is 4.62. The van der Waals surface area contributed by atoms with Crippen LogP contribution < -0.4 is 5.32 Å². The van der Waals surface area contributed by atoms with Crippen molar-refractivity contribution >= 4 is 23.6 Å². The average molecular weight is 426 g/mol. The van der Waals surface area contributed by atoms with Gasteiger partial charge in [-0.2, -0.15) is 0 Å². The largest absolute Gasteiger partial charge is 0.481 e. The quantitative estimate of drug-likeness (QED) is 0.565. The summed E-state index contributed by atoms with van der Waals surface area (Å²) in [6.45, 7) is 0. The van der Waals surface area contributed by atoms with Gasteiger partial charge in [-0.25, -0.2) is 4.79 Å². The minimum atomic E-state index is -2.14. The standard InChI is InChI=1S/C23H39NO6/c25-19-15-13-11-9-7-5-3-1-2-4-6-8-10-12-14-16-20(26)24-23(19,22(29)30)18-17-21(27)28/h1-18H2,(H,24,26)(H,27,28)(H,29,30)/t23-/m1/s1. The van der Waals surface area contributed by atoms with Crippen LogP contribution in [0.4, 0.5) is 0 Å². The number of hydrogen-bond donors (Lipinski definition) is 3. The van der Waals surface area contributed by atoms with Gasteiger partial charge in [-0.1, -0.05) is 77.0 Å². The van der Waals surface area contributed by atoms with Crippen molar-refractivity contribution in [1.29, 1.82) is 0 Å². The van der Waals surface area contributed by atoms with Crippen molar-refractivity contribution in [2.45, 2.75) is 121 Å². The van der Waals surface area contributed by atoms with E-state index in [-0.39, 0.29) is 12.8 Å². The molecule has 1 aliphatic heterocycles. The van der Waals surface area contributed by atoms with Crippen molar-refractivity contribution < 1.29 is 29.4 Å². The lowest BCUT2D eigenvalue weighted by molar-refractivity contribution is -0.154. The number of ketones is 1. The molecular formula is C23H39NO6. The molecule has 1 saturated heterocycles. The van der Waals surface area contributed by atoms with Gasteiger partial charge in [0.15, 0.2) is 11.3 Å². The number of carbonyl (C=O) groups is 4. The second-order valence-corrected chi connectivity index (χ2v) is 8.53. The van der Waals surface area contributed by atoms with Gasteiger partial charge in [0.25, 0.3) is 0 Å². The molecule has 30 heavy (non-hydrogen) atoms. The van der Waals surface area contributed by atoms with Crippen LogP contribution in [0.1, 0.15) is 116 Å². The topological polar surface area (TPSA) is 121 Å². The maximum atomic E-state index is 12.8. The Morgan fingerprint density at radius 1 is 0.700 bits per heavy atom. The van der Waals surface area contributed by atoms with Crippen molar-refractivity contribution in [3.8, 4) is 0 Å². The van der Waals surface area contributed by atoms with E-state index in [4.69, 9.17) is 5.11 Å². The molecule has 1 heterocycles. The third kappa shape index (κ3) is 10.2. The van der Waals surface area contributed by atoms with Gasteiger partial charge < -0.3 is 15.5 Å². The Morgan fingerprint density at radius 3 is 1.50 bits per heavy atom. The van der Waals surface area contributed by atoms with Crippen LogP contribution in [-0.2, 0) is 19.2 Å². The molecule has 7 nitrogen and oxygen atoms in total. The van der Waals surface area contributed by atoms with Gasteiger partial charge in [0.2, 0.25) is 5.91 Å². The molecule has 0 aromatic rings. The lowest BCUT2D eigenvalue weighted by Crippen LogP contribution is -2.60. The van der Waals surface area contributed by atoms with Gasteiger partial charge in [0.1, 0.15) is 0 Å². The number of aliphatic carboxylic acids is 2. The molecule has 0 aliphatic carbocycles. The van der Waals surface area contributed by atoms with Crippen molar-refractivity contribution in [1.82, 2.24) is 5.32 Å². The van der Waals surface area contributed by atoms with Crippen LogP contribution in [0.15, 0.2) is 0 Å². The zero-order chi connectivity index (χ0) is 22.2. The zero-order valence-electron chi connectivity index (χ0n) is 18.3. The third-order valence-corrected chi connectivity index (χ3v) is 5.97. The highest BCUT2D eigenvalue weighted by Crippen LogP contribution is 2.21. The summed E-state index contributed by atoms with van der Waals surface area (Å²) in [6.07, 6.45) is 13.9. The van der Waals surface area contributed by atoms with Crippen LogP contribution in [0.25, 0.3) is 0 Å². The van der Waals surface area contributed by atoms with Gasteiger partial charge in [-0.05, 0) is 19.3 Å². The van der Waals surface area contributed by atoms with E-state index in [1.807, 2.05) is 0 Å². The van der Waals surface area contributed by atoms with Crippen LogP contribution in [0, 0.1) is 0 Å². The molecule has 0 spiro atoms. The van der Waals surface area contributed by atoms with Crippen LogP contribution in [0.3, 0.4) is 0 Å². The number of carbonyl (C=O) groups excluding carboxylic acids is 2. The zero-order valence-corrected chi connectivity index (χ0v) is 18.3. The third-order valence-electron chi connectivity index (χ3n) is 5.97. The van der Waals surface area contributed by atoms with E-state index in [9.17, 15) is 24.3 Å². The van der Waals surface area contributed by atoms with Gasteiger partial charge in [-0.15, -0.1) is 0 Å². The maximum absolute atomic E-state index is 12.8. The van der Waals surface area contributed by atoms with Gasteiger partial charge >= 0.3 is 11.9 Å². The summed E-state index contributed by atoms with van der Waals surface area (Å²) in [5, 5.41) is 21.2.